The van der Waals surface area contributed by atoms with E-state index in [4.69, 9.17) is 37.7 Å². The van der Waals surface area contributed by atoms with Gasteiger partial charge >= 0.3 is 5.63 Å². The van der Waals surface area contributed by atoms with Crippen LogP contribution in [0.15, 0.2) is 98.6 Å². The van der Waals surface area contributed by atoms with Gasteiger partial charge in [0.05, 0.1) is 28.5 Å². The Labute approximate surface area is 240 Å². The summed E-state index contributed by atoms with van der Waals surface area (Å²) >= 11 is 14.6. The van der Waals surface area contributed by atoms with Gasteiger partial charge in [0.15, 0.2) is 0 Å². The van der Waals surface area contributed by atoms with Crippen molar-refractivity contribution in [3.05, 3.63) is 122 Å². The number of para-hydroxylation sites is 1. The molecule has 0 saturated carbocycles. The molecule has 0 bridgehead atoms. The summed E-state index contributed by atoms with van der Waals surface area (Å²) in [6, 6.07) is 22.6. The number of benzene rings is 3. The van der Waals surface area contributed by atoms with E-state index in [2.05, 4.69) is 4.98 Å². The second kappa shape index (κ2) is 9.82. The first-order chi connectivity index (χ1) is 19.4. The summed E-state index contributed by atoms with van der Waals surface area (Å²) in [5.41, 5.74) is 3.56. The van der Waals surface area contributed by atoms with Crippen LogP contribution >= 0.6 is 34.5 Å². The summed E-state index contributed by atoms with van der Waals surface area (Å²) in [5.74, 6) is -0.423. The van der Waals surface area contributed by atoms with Crippen LogP contribution in [0.25, 0.3) is 33.1 Å². The second-order valence-corrected chi connectivity index (χ2v) is 10.9. The van der Waals surface area contributed by atoms with Crippen LogP contribution in [0.1, 0.15) is 23.6 Å². The van der Waals surface area contributed by atoms with E-state index in [0.29, 0.717) is 38.4 Å². The van der Waals surface area contributed by atoms with E-state index in [-0.39, 0.29) is 11.6 Å². The highest BCUT2D eigenvalue weighted by atomic mass is 35.5. The Kier molecular flexibility index (Phi) is 6.11. The van der Waals surface area contributed by atoms with Crippen LogP contribution in [-0.4, -0.2) is 15.7 Å². The number of hydrogen-bond donors (Lipinski definition) is 0. The van der Waals surface area contributed by atoms with Crippen molar-refractivity contribution in [3.63, 3.8) is 0 Å². The Bertz CT molecular complexity index is 2040. The SMILES string of the molecule is O=c1oc2ccc(F)cc2cc1-c1csc(N2N=C(c3ccccc3Cl)CC2c2cc3ccccc3nc2Cl)n1. The predicted octanol–water partition coefficient (Wildman–Crippen LogP) is 8.27. The highest BCUT2D eigenvalue weighted by Crippen LogP contribution is 2.42. The molecule has 0 radical (unpaired) electrons. The number of nitrogens with zero attached hydrogens (tertiary/aromatic N) is 4. The minimum Gasteiger partial charge on any atom is -0.422 e. The lowest BCUT2D eigenvalue weighted by Gasteiger charge is -2.22. The number of rotatable bonds is 4. The minimum absolute atomic E-state index is 0.233. The third-order valence-corrected chi connectivity index (χ3v) is 8.28. The number of aromatic nitrogens is 2. The average molecular weight is 587 g/mol. The van der Waals surface area contributed by atoms with Gasteiger partial charge in [-0.15, -0.1) is 11.3 Å². The molecule has 0 amide bonds. The molecule has 1 aliphatic heterocycles. The molecule has 4 heterocycles. The van der Waals surface area contributed by atoms with Crippen molar-refractivity contribution in [2.24, 2.45) is 5.10 Å². The van der Waals surface area contributed by atoms with Crippen LogP contribution in [0.3, 0.4) is 0 Å². The van der Waals surface area contributed by atoms with Crippen molar-refractivity contribution in [2.45, 2.75) is 12.5 Å². The van der Waals surface area contributed by atoms with Crippen molar-refractivity contribution in [2.75, 3.05) is 5.01 Å². The molecule has 0 N–H and O–H groups in total. The normalized spacial score (nSPS) is 15.2. The molecule has 1 unspecified atom stereocenters. The van der Waals surface area contributed by atoms with Gasteiger partial charge in [0, 0.05) is 38.7 Å². The molecule has 6 nitrogen and oxygen atoms in total. The molecule has 0 aliphatic carbocycles. The monoisotopic (exact) mass is 586 g/mol. The van der Waals surface area contributed by atoms with Crippen molar-refractivity contribution >= 4 is 67.3 Å². The molecule has 6 aromatic rings. The molecule has 10 heteroatoms. The van der Waals surface area contributed by atoms with Gasteiger partial charge in [0.1, 0.15) is 16.6 Å². The molecule has 0 saturated heterocycles. The van der Waals surface area contributed by atoms with Crippen molar-refractivity contribution in [1.29, 1.82) is 0 Å². The lowest BCUT2D eigenvalue weighted by molar-refractivity contribution is 0.560. The predicted molar refractivity (Wildman–Crippen MR) is 158 cm³/mol. The van der Waals surface area contributed by atoms with E-state index in [9.17, 15) is 9.18 Å². The standard InChI is InChI=1S/C30H17Cl2FN4O2S/c31-22-7-3-2-6-19(22)24-14-26(21-12-16-5-1-4-8-23(16)34-28(21)32)37(36-24)30-35-25(15-40-30)20-13-17-11-18(33)9-10-27(17)39-29(20)38/h1-13,15,26H,14H2. The molecule has 196 valence electrons. The van der Waals surface area contributed by atoms with Crippen LogP contribution in [0.2, 0.25) is 10.2 Å². The van der Waals surface area contributed by atoms with E-state index in [1.54, 1.807) is 16.5 Å². The first kappa shape index (κ1) is 24.9. The summed E-state index contributed by atoms with van der Waals surface area (Å²) in [6.45, 7) is 0. The molecule has 1 atom stereocenters. The van der Waals surface area contributed by atoms with E-state index in [0.717, 1.165) is 27.7 Å². The number of halogens is 3. The van der Waals surface area contributed by atoms with Crippen molar-refractivity contribution in [3.8, 4) is 11.3 Å². The zero-order valence-corrected chi connectivity index (χ0v) is 22.8. The van der Waals surface area contributed by atoms with E-state index < -0.39 is 11.4 Å². The third kappa shape index (κ3) is 4.34. The number of fused-ring (bicyclic) bond motifs is 2. The lowest BCUT2D eigenvalue weighted by Crippen LogP contribution is -2.19. The Balaban J connectivity index is 1.34. The third-order valence-electron chi connectivity index (χ3n) is 6.82. The largest absolute Gasteiger partial charge is 0.422 e. The van der Waals surface area contributed by atoms with E-state index >= 15 is 0 Å². The Morgan fingerprint density at radius 3 is 2.62 bits per heavy atom. The quantitative estimate of drug-likeness (QED) is 0.153. The zero-order chi connectivity index (χ0) is 27.4. The number of hydrazone groups is 1. The van der Waals surface area contributed by atoms with Gasteiger partial charge in [0.25, 0.3) is 0 Å². The van der Waals surface area contributed by atoms with E-state index in [1.807, 2.05) is 54.6 Å². The fraction of sp³-hybridized carbons (Fsp3) is 0.0667. The number of pyridine rings is 1. The first-order valence-corrected chi connectivity index (χ1v) is 13.9. The average Bonchev–Trinajstić information content (AvgIpc) is 3.61. The van der Waals surface area contributed by atoms with Crippen molar-refractivity contribution < 1.29 is 8.81 Å². The van der Waals surface area contributed by atoms with Gasteiger partial charge in [-0.3, -0.25) is 0 Å². The maximum atomic E-state index is 13.8. The van der Waals surface area contributed by atoms with E-state index in [1.165, 1.54) is 29.5 Å². The molecule has 0 fully saturated rings. The molecule has 1 aliphatic rings. The summed E-state index contributed by atoms with van der Waals surface area (Å²) in [6.07, 6.45) is 0.510. The van der Waals surface area contributed by atoms with Crippen LogP contribution in [0.4, 0.5) is 9.52 Å². The van der Waals surface area contributed by atoms with Gasteiger partial charge in [-0.1, -0.05) is 59.6 Å². The van der Waals surface area contributed by atoms with Crippen LogP contribution in [0, 0.1) is 5.82 Å². The van der Waals surface area contributed by atoms with Gasteiger partial charge in [-0.25, -0.2) is 24.2 Å². The maximum absolute atomic E-state index is 13.8. The first-order valence-electron chi connectivity index (χ1n) is 12.3. The number of anilines is 1. The van der Waals surface area contributed by atoms with Crippen molar-refractivity contribution in [1.82, 2.24) is 9.97 Å². The number of thiazole rings is 1. The second-order valence-electron chi connectivity index (χ2n) is 9.30. The highest BCUT2D eigenvalue weighted by molar-refractivity contribution is 7.14. The van der Waals surface area contributed by atoms with Gasteiger partial charge < -0.3 is 4.42 Å². The van der Waals surface area contributed by atoms with Gasteiger partial charge in [0.2, 0.25) is 5.13 Å². The zero-order valence-electron chi connectivity index (χ0n) is 20.5. The Hall–Kier alpha value is -4.11. The van der Waals surface area contributed by atoms with Crippen LogP contribution in [-0.2, 0) is 0 Å². The van der Waals surface area contributed by atoms with Crippen LogP contribution < -0.4 is 10.6 Å². The van der Waals surface area contributed by atoms with Gasteiger partial charge in [-0.2, -0.15) is 5.10 Å². The molecule has 3 aromatic heterocycles. The molecule has 40 heavy (non-hydrogen) atoms. The minimum atomic E-state index is -0.559. The molecular weight excluding hydrogens is 570 g/mol. The summed E-state index contributed by atoms with van der Waals surface area (Å²) < 4.78 is 19.3. The molecular formula is C30H17Cl2FN4O2S. The molecule has 0 spiro atoms. The topological polar surface area (TPSA) is 71.6 Å². The van der Waals surface area contributed by atoms with Gasteiger partial charge in [-0.05, 0) is 42.5 Å². The molecule has 7 rings (SSSR count). The lowest BCUT2D eigenvalue weighted by atomic mass is 9.98. The summed E-state index contributed by atoms with van der Waals surface area (Å²) in [5, 5.41) is 11.4. The summed E-state index contributed by atoms with van der Waals surface area (Å²) in [7, 11) is 0. The Morgan fingerprint density at radius 2 is 1.75 bits per heavy atom. The highest BCUT2D eigenvalue weighted by Gasteiger charge is 2.34. The Morgan fingerprint density at radius 1 is 0.925 bits per heavy atom. The fourth-order valence-electron chi connectivity index (χ4n) is 4.90. The molecule has 3 aromatic carbocycles. The number of hydrogen-bond acceptors (Lipinski definition) is 7. The maximum Gasteiger partial charge on any atom is 0.345 e. The van der Waals surface area contributed by atoms with Crippen LogP contribution in [0.5, 0.6) is 0 Å². The summed E-state index contributed by atoms with van der Waals surface area (Å²) in [4.78, 5) is 22.2. The fourth-order valence-corrected chi connectivity index (χ4v) is 6.24. The smallest absolute Gasteiger partial charge is 0.345 e.